The van der Waals surface area contributed by atoms with Gasteiger partial charge in [0, 0.05) is 14.0 Å². The molecule has 2 saturated heterocycles. The van der Waals surface area contributed by atoms with E-state index < -0.39 is 24.1 Å². The number of hydrogen-bond acceptors (Lipinski definition) is 5. The lowest BCUT2D eigenvalue weighted by atomic mass is 10.1. The number of ether oxygens (including phenoxy) is 2. The fourth-order valence-electron chi connectivity index (χ4n) is 2.77. The number of cyclic esters (lactones) is 1. The Balaban J connectivity index is 1.70. The maximum atomic E-state index is 14.4. The van der Waals surface area contributed by atoms with Crippen molar-refractivity contribution in [3.05, 3.63) is 24.0 Å². The minimum atomic E-state index is -0.612. The third kappa shape index (κ3) is 3.27. The third-order valence-corrected chi connectivity index (χ3v) is 4.16. The summed E-state index contributed by atoms with van der Waals surface area (Å²) in [6, 6.07) is 4.18. The van der Waals surface area contributed by atoms with Gasteiger partial charge in [0.05, 0.1) is 31.0 Å². The molecule has 2 heterocycles. The summed E-state index contributed by atoms with van der Waals surface area (Å²) in [6.45, 7) is 2.05. The first-order valence-corrected chi connectivity index (χ1v) is 7.77. The first-order chi connectivity index (χ1) is 11.9. The van der Waals surface area contributed by atoms with Crippen LogP contribution in [0.15, 0.2) is 18.2 Å². The van der Waals surface area contributed by atoms with Crippen molar-refractivity contribution in [3.8, 4) is 0 Å². The largest absolute Gasteiger partial charge is 0.442 e. The van der Waals surface area contributed by atoms with Gasteiger partial charge in [-0.3, -0.25) is 14.5 Å². The van der Waals surface area contributed by atoms with Gasteiger partial charge in [0.1, 0.15) is 11.9 Å². The van der Waals surface area contributed by atoms with E-state index in [0.29, 0.717) is 5.69 Å². The minimum Gasteiger partial charge on any atom is -0.442 e. The van der Waals surface area contributed by atoms with Crippen molar-refractivity contribution in [2.75, 3.05) is 36.5 Å². The highest BCUT2D eigenvalue weighted by Gasteiger charge is 2.39. The Bertz CT molecular complexity index is 726. The molecule has 1 N–H and O–H groups in total. The molecule has 2 atom stereocenters. The smallest absolute Gasteiger partial charge is 0.414 e. The number of carbonyl (C=O) groups is 3. The number of benzene rings is 1. The van der Waals surface area contributed by atoms with Crippen molar-refractivity contribution in [2.24, 2.45) is 0 Å². The van der Waals surface area contributed by atoms with E-state index >= 15 is 0 Å². The highest BCUT2D eigenvalue weighted by atomic mass is 19.1. The monoisotopic (exact) mass is 351 g/mol. The van der Waals surface area contributed by atoms with Crippen LogP contribution in [0.1, 0.15) is 6.92 Å². The lowest BCUT2D eigenvalue weighted by Gasteiger charge is -2.37. The van der Waals surface area contributed by atoms with E-state index in [1.807, 2.05) is 0 Å². The maximum absolute atomic E-state index is 14.4. The molecule has 2 aliphatic rings. The Kier molecular flexibility index (Phi) is 4.58. The zero-order valence-corrected chi connectivity index (χ0v) is 13.8. The Morgan fingerprint density at radius 2 is 2.12 bits per heavy atom. The molecule has 1 aromatic rings. The van der Waals surface area contributed by atoms with Gasteiger partial charge in [0.25, 0.3) is 5.91 Å². The van der Waals surface area contributed by atoms with Crippen molar-refractivity contribution >= 4 is 29.3 Å². The van der Waals surface area contributed by atoms with E-state index in [1.165, 1.54) is 36.0 Å². The van der Waals surface area contributed by atoms with Gasteiger partial charge >= 0.3 is 6.09 Å². The lowest BCUT2D eigenvalue weighted by molar-refractivity contribution is -0.134. The molecule has 0 aliphatic carbocycles. The van der Waals surface area contributed by atoms with E-state index in [9.17, 15) is 18.8 Å². The molecule has 1 aromatic carbocycles. The SMILES string of the molecule is CO[C@H]1CN(c2ccc(N3CC(CNC(C)=O)OC3=O)cc2F)C1=O. The van der Waals surface area contributed by atoms with E-state index in [1.54, 1.807) is 6.07 Å². The predicted octanol–water partition coefficient (Wildman–Crippen LogP) is 0.649. The summed E-state index contributed by atoms with van der Waals surface area (Å²) in [7, 11) is 1.43. The van der Waals surface area contributed by atoms with Crippen LogP contribution in [0.2, 0.25) is 0 Å². The second-order valence-electron chi connectivity index (χ2n) is 5.86. The third-order valence-electron chi connectivity index (χ3n) is 4.16. The molecule has 0 aromatic heterocycles. The molecular formula is C16H18FN3O5. The molecule has 9 heteroatoms. The van der Waals surface area contributed by atoms with Crippen LogP contribution in [-0.2, 0) is 19.1 Å². The standard InChI is InChI=1S/C16H18FN3O5/c1-9(21)18-6-11-7-19(16(23)25-11)10-3-4-13(12(17)5-10)20-8-14(24-2)15(20)22/h3-5,11,14H,6-8H2,1-2H3,(H,18,21)/t11?,14-/m0/s1. The molecule has 3 amide bonds. The number of rotatable bonds is 5. The number of nitrogens with one attached hydrogen (secondary N) is 1. The lowest BCUT2D eigenvalue weighted by Crippen LogP contribution is -2.57. The fourth-order valence-corrected chi connectivity index (χ4v) is 2.77. The normalized spacial score (nSPS) is 22.7. The van der Waals surface area contributed by atoms with Gasteiger partial charge < -0.3 is 19.7 Å². The molecule has 134 valence electrons. The van der Waals surface area contributed by atoms with Gasteiger partial charge in [-0.1, -0.05) is 0 Å². The average molecular weight is 351 g/mol. The summed E-state index contributed by atoms with van der Waals surface area (Å²) < 4.78 is 24.5. The maximum Gasteiger partial charge on any atom is 0.414 e. The van der Waals surface area contributed by atoms with Crippen LogP contribution in [0.5, 0.6) is 0 Å². The van der Waals surface area contributed by atoms with E-state index in [4.69, 9.17) is 9.47 Å². The minimum absolute atomic E-state index is 0.143. The fraction of sp³-hybridized carbons (Fsp3) is 0.438. The van der Waals surface area contributed by atoms with Crippen molar-refractivity contribution in [3.63, 3.8) is 0 Å². The Hall–Kier alpha value is -2.68. The Morgan fingerprint density at radius 1 is 1.36 bits per heavy atom. The molecule has 2 aliphatic heterocycles. The quantitative estimate of drug-likeness (QED) is 0.787. The topological polar surface area (TPSA) is 88.2 Å². The number of methoxy groups -OCH3 is 1. The molecular weight excluding hydrogens is 333 g/mol. The summed E-state index contributed by atoms with van der Waals surface area (Å²) in [5.41, 5.74) is 0.470. The van der Waals surface area contributed by atoms with Crippen LogP contribution in [0.4, 0.5) is 20.6 Å². The Morgan fingerprint density at radius 3 is 2.72 bits per heavy atom. The van der Waals surface area contributed by atoms with Gasteiger partial charge in [-0.2, -0.15) is 0 Å². The van der Waals surface area contributed by atoms with Gasteiger partial charge in [-0.05, 0) is 18.2 Å². The highest BCUT2D eigenvalue weighted by molar-refractivity contribution is 6.03. The molecule has 0 bridgehead atoms. The van der Waals surface area contributed by atoms with Crippen LogP contribution in [0.3, 0.4) is 0 Å². The van der Waals surface area contributed by atoms with Gasteiger partial charge in [0.2, 0.25) is 5.91 Å². The number of amides is 3. The highest BCUT2D eigenvalue weighted by Crippen LogP contribution is 2.31. The first-order valence-electron chi connectivity index (χ1n) is 7.77. The van der Waals surface area contributed by atoms with Crippen molar-refractivity contribution in [1.29, 1.82) is 0 Å². The van der Waals surface area contributed by atoms with Crippen molar-refractivity contribution in [2.45, 2.75) is 19.1 Å². The van der Waals surface area contributed by atoms with Crippen LogP contribution in [0.25, 0.3) is 0 Å². The molecule has 0 spiro atoms. The van der Waals surface area contributed by atoms with Crippen LogP contribution >= 0.6 is 0 Å². The summed E-state index contributed by atoms with van der Waals surface area (Å²) in [5.74, 6) is -1.14. The molecule has 25 heavy (non-hydrogen) atoms. The number of hydrogen-bond donors (Lipinski definition) is 1. The summed E-state index contributed by atoms with van der Waals surface area (Å²) >= 11 is 0. The van der Waals surface area contributed by atoms with Crippen LogP contribution < -0.4 is 15.1 Å². The van der Waals surface area contributed by atoms with Crippen LogP contribution in [-0.4, -0.2) is 56.9 Å². The zero-order valence-electron chi connectivity index (χ0n) is 13.8. The number of β-lactam (4-membered cyclic amide) rings is 1. The molecule has 8 nitrogen and oxygen atoms in total. The van der Waals surface area contributed by atoms with Gasteiger partial charge in [-0.25, -0.2) is 9.18 Å². The number of anilines is 2. The molecule has 3 rings (SSSR count). The molecule has 0 radical (unpaired) electrons. The molecule has 2 fully saturated rings. The second-order valence-corrected chi connectivity index (χ2v) is 5.86. The number of halogens is 1. The van der Waals surface area contributed by atoms with E-state index in [-0.39, 0.29) is 37.1 Å². The summed E-state index contributed by atoms with van der Waals surface area (Å²) in [5, 5.41) is 2.57. The van der Waals surface area contributed by atoms with E-state index in [2.05, 4.69) is 5.32 Å². The van der Waals surface area contributed by atoms with Gasteiger partial charge in [-0.15, -0.1) is 0 Å². The average Bonchev–Trinajstić information content (AvgIpc) is 2.94. The molecule has 1 unspecified atom stereocenters. The summed E-state index contributed by atoms with van der Waals surface area (Å²) in [4.78, 5) is 37.3. The zero-order chi connectivity index (χ0) is 18.1. The van der Waals surface area contributed by atoms with E-state index in [0.717, 1.165) is 0 Å². The van der Waals surface area contributed by atoms with Crippen molar-refractivity contribution < 1.29 is 28.2 Å². The Labute approximate surface area is 143 Å². The van der Waals surface area contributed by atoms with Crippen molar-refractivity contribution in [1.82, 2.24) is 5.32 Å². The van der Waals surface area contributed by atoms with Gasteiger partial charge in [0.15, 0.2) is 6.10 Å². The number of carbonyl (C=O) groups excluding carboxylic acids is 3. The second kappa shape index (κ2) is 6.67. The predicted molar refractivity (Wildman–Crippen MR) is 85.8 cm³/mol. The summed E-state index contributed by atoms with van der Waals surface area (Å²) in [6.07, 6.45) is -1.65. The van der Waals surface area contributed by atoms with Crippen LogP contribution in [0, 0.1) is 5.82 Å². The first kappa shape index (κ1) is 17.2. The molecule has 0 saturated carbocycles. The number of nitrogens with zero attached hydrogens (tertiary/aromatic N) is 2.